The standard InChI is InChI=1S/C25H26FN3O6/c1-4-25(33)17-10-19-21-14(9-13-15(11-28(2)3)20(30)6-5-18(13)27-21)23(34-8-7-26)29(19)22(31)16(17)12-35-24(25)32/h5-6,9-10,23,30,33H,4,7-8,11-12H2,1-3H3/t23-,25+/m1/s1. The van der Waals surface area contributed by atoms with E-state index in [4.69, 9.17) is 14.5 Å². The number of esters is 1. The van der Waals surface area contributed by atoms with Gasteiger partial charge in [-0.1, -0.05) is 6.92 Å². The number of fused-ring (bicyclic) bond motifs is 5. The van der Waals surface area contributed by atoms with E-state index in [2.05, 4.69) is 0 Å². The lowest BCUT2D eigenvalue weighted by Crippen LogP contribution is -2.44. The molecule has 184 valence electrons. The van der Waals surface area contributed by atoms with Gasteiger partial charge in [0.2, 0.25) is 0 Å². The van der Waals surface area contributed by atoms with Crippen LogP contribution in [-0.4, -0.2) is 58.0 Å². The number of benzene rings is 1. The second-order valence-corrected chi connectivity index (χ2v) is 9.09. The molecule has 3 aromatic rings. The predicted octanol–water partition coefficient (Wildman–Crippen LogP) is 2.33. The van der Waals surface area contributed by atoms with Crippen LogP contribution in [0, 0.1) is 0 Å². The van der Waals surface area contributed by atoms with Crippen LogP contribution in [0.1, 0.15) is 41.8 Å². The summed E-state index contributed by atoms with van der Waals surface area (Å²) in [6, 6.07) is 6.63. The Bertz CT molecular complexity index is 1420. The van der Waals surface area contributed by atoms with Gasteiger partial charge in [0.25, 0.3) is 5.56 Å². The number of aliphatic hydroxyl groups is 1. The number of carbonyl (C=O) groups is 1. The molecule has 0 bridgehead atoms. The first kappa shape index (κ1) is 23.4. The molecular formula is C25H26FN3O6. The number of nitrogens with zero attached hydrogens (tertiary/aromatic N) is 3. The maximum Gasteiger partial charge on any atom is 0.343 e. The minimum Gasteiger partial charge on any atom is -0.508 e. The number of aromatic hydroxyl groups is 1. The third kappa shape index (κ3) is 3.43. The molecule has 9 nitrogen and oxygen atoms in total. The molecule has 1 aromatic carbocycles. The fourth-order valence-corrected chi connectivity index (χ4v) is 4.93. The number of phenolic OH excluding ortho intramolecular Hbond substituents is 1. The van der Waals surface area contributed by atoms with Crippen molar-refractivity contribution in [1.82, 2.24) is 14.5 Å². The average Bonchev–Trinajstić information content (AvgIpc) is 3.13. The first-order valence-electron chi connectivity index (χ1n) is 11.4. The van der Waals surface area contributed by atoms with E-state index in [1.807, 2.05) is 19.0 Å². The number of halogens is 1. The minimum absolute atomic E-state index is 0.0225. The molecule has 0 radical (unpaired) electrons. The summed E-state index contributed by atoms with van der Waals surface area (Å²) in [4.78, 5) is 32.7. The maximum absolute atomic E-state index is 13.6. The van der Waals surface area contributed by atoms with Crippen molar-refractivity contribution in [2.45, 2.75) is 38.3 Å². The lowest BCUT2D eigenvalue weighted by Gasteiger charge is -2.32. The van der Waals surface area contributed by atoms with Gasteiger partial charge in [0.15, 0.2) is 11.8 Å². The van der Waals surface area contributed by atoms with Crippen molar-refractivity contribution >= 4 is 16.9 Å². The molecule has 0 unspecified atom stereocenters. The topological polar surface area (TPSA) is 114 Å². The molecule has 2 N–H and O–H groups in total. The Morgan fingerprint density at radius 3 is 2.77 bits per heavy atom. The number of hydrogen-bond acceptors (Lipinski definition) is 8. The highest BCUT2D eigenvalue weighted by Crippen LogP contribution is 2.44. The molecule has 4 heterocycles. The second kappa shape index (κ2) is 8.40. The summed E-state index contributed by atoms with van der Waals surface area (Å²) in [7, 11) is 3.76. The van der Waals surface area contributed by atoms with Crippen molar-refractivity contribution in [2.75, 3.05) is 27.4 Å². The number of alkyl halides is 1. The van der Waals surface area contributed by atoms with Gasteiger partial charge in [-0.25, -0.2) is 14.2 Å². The first-order chi connectivity index (χ1) is 16.7. The van der Waals surface area contributed by atoms with E-state index in [0.29, 0.717) is 40.0 Å². The monoisotopic (exact) mass is 483 g/mol. The average molecular weight is 483 g/mol. The van der Waals surface area contributed by atoms with Crippen LogP contribution >= 0.6 is 0 Å². The van der Waals surface area contributed by atoms with Gasteiger partial charge in [-0.15, -0.1) is 0 Å². The minimum atomic E-state index is -1.96. The Morgan fingerprint density at radius 2 is 2.09 bits per heavy atom. The van der Waals surface area contributed by atoms with E-state index in [-0.39, 0.29) is 36.5 Å². The summed E-state index contributed by atoms with van der Waals surface area (Å²) in [5, 5.41) is 22.3. The second-order valence-electron chi connectivity index (χ2n) is 9.09. The molecule has 2 aromatic heterocycles. The summed E-state index contributed by atoms with van der Waals surface area (Å²) in [5.74, 6) is -0.698. The number of hydrogen-bond donors (Lipinski definition) is 2. The quantitative estimate of drug-likeness (QED) is 0.514. The molecule has 10 heteroatoms. The van der Waals surface area contributed by atoms with Crippen LogP contribution in [-0.2, 0) is 33.0 Å². The Hall–Kier alpha value is -3.34. The van der Waals surface area contributed by atoms with E-state index >= 15 is 0 Å². The summed E-state index contributed by atoms with van der Waals surface area (Å²) in [6.07, 6.45) is -0.943. The van der Waals surface area contributed by atoms with Crippen LogP contribution in [0.5, 0.6) is 5.75 Å². The maximum atomic E-state index is 13.6. The molecule has 5 rings (SSSR count). The van der Waals surface area contributed by atoms with E-state index < -0.39 is 30.0 Å². The third-order valence-corrected chi connectivity index (χ3v) is 6.67. The van der Waals surface area contributed by atoms with E-state index in [0.717, 1.165) is 0 Å². The van der Waals surface area contributed by atoms with Gasteiger partial charge < -0.3 is 24.6 Å². The van der Waals surface area contributed by atoms with Crippen LogP contribution in [0.4, 0.5) is 4.39 Å². The number of pyridine rings is 2. The number of carbonyl (C=O) groups excluding carboxylic acids is 1. The number of aromatic nitrogens is 2. The molecule has 0 saturated heterocycles. The Morgan fingerprint density at radius 1 is 1.31 bits per heavy atom. The Labute approximate surface area is 200 Å². The van der Waals surface area contributed by atoms with Gasteiger partial charge in [0.1, 0.15) is 19.0 Å². The van der Waals surface area contributed by atoms with Crippen LogP contribution in [0.15, 0.2) is 29.1 Å². The predicted molar refractivity (Wildman–Crippen MR) is 125 cm³/mol. The molecule has 2 aliphatic heterocycles. The molecule has 35 heavy (non-hydrogen) atoms. The summed E-state index contributed by atoms with van der Waals surface area (Å²) >= 11 is 0. The number of phenols is 1. The fraction of sp³-hybridized carbons (Fsp3) is 0.400. The molecule has 2 atom stereocenters. The molecule has 0 saturated carbocycles. The molecular weight excluding hydrogens is 457 g/mol. The first-order valence-corrected chi connectivity index (χ1v) is 11.4. The largest absolute Gasteiger partial charge is 0.508 e. The highest BCUT2D eigenvalue weighted by atomic mass is 19.1. The smallest absolute Gasteiger partial charge is 0.343 e. The molecule has 0 aliphatic carbocycles. The summed E-state index contributed by atoms with van der Waals surface area (Å²) in [5.41, 5.74) is 0.448. The van der Waals surface area contributed by atoms with Crippen LogP contribution in [0.2, 0.25) is 0 Å². The van der Waals surface area contributed by atoms with Gasteiger partial charge in [-0.3, -0.25) is 9.36 Å². The summed E-state index contributed by atoms with van der Waals surface area (Å²) < 4.78 is 25.4. The van der Waals surface area contributed by atoms with Crippen molar-refractivity contribution < 1.29 is 28.9 Å². The zero-order chi connectivity index (χ0) is 25.1. The van der Waals surface area contributed by atoms with Gasteiger partial charge >= 0.3 is 5.97 Å². The molecule has 0 amide bonds. The number of cyclic esters (lactones) is 1. The van der Waals surface area contributed by atoms with Crippen molar-refractivity contribution in [3.63, 3.8) is 0 Å². The van der Waals surface area contributed by atoms with Gasteiger partial charge in [0.05, 0.1) is 29.1 Å². The molecule has 0 fully saturated rings. The van der Waals surface area contributed by atoms with Gasteiger partial charge in [-0.2, -0.15) is 0 Å². The van der Waals surface area contributed by atoms with Gasteiger partial charge in [0, 0.05) is 28.6 Å². The molecule has 0 spiro atoms. The van der Waals surface area contributed by atoms with Gasteiger partial charge in [-0.05, 0) is 44.8 Å². The fourth-order valence-electron chi connectivity index (χ4n) is 4.93. The van der Waals surface area contributed by atoms with Crippen molar-refractivity contribution in [3.05, 3.63) is 56.9 Å². The third-order valence-electron chi connectivity index (χ3n) is 6.67. The number of rotatable bonds is 6. The van der Waals surface area contributed by atoms with E-state index in [1.54, 1.807) is 31.2 Å². The zero-order valence-corrected chi connectivity index (χ0v) is 19.7. The number of ether oxygens (including phenoxy) is 2. The van der Waals surface area contributed by atoms with Crippen molar-refractivity contribution in [3.8, 4) is 17.1 Å². The molecule has 2 aliphatic rings. The highest BCUT2D eigenvalue weighted by molar-refractivity contribution is 5.89. The van der Waals surface area contributed by atoms with E-state index in [1.165, 1.54) is 4.57 Å². The van der Waals surface area contributed by atoms with Crippen LogP contribution < -0.4 is 5.56 Å². The highest BCUT2D eigenvalue weighted by Gasteiger charge is 2.46. The zero-order valence-electron chi connectivity index (χ0n) is 19.7. The lowest BCUT2D eigenvalue weighted by atomic mass is 9.86. The Balaban J connectivity index is 1.81. The van der Waals surface area contributed by atoms with E-state index in [9.17, 15) is 24.2 Å². The van der Waals surface area contributed by atoms with Crippen LogP contribution in [0.3, 0.4) is 0 Å². The van der Waals surface area contributed by atoms with Crippen molar-refractivity contribution in [1.29, 1.82) is 0 Å². The van der Waals surface area contributed by atoms with Crippen LogP contribution in [0.25, 0.3) is 22.3 Å². The summed E-state index contributed by atoms with van der Waals surface area (Å²) in [6.45, 7) is 0.806. The normalized spacial score (nSPS) is 20.6. The Kier molecular flexibility index (Phi) is 5.62. The lowest BCUT2D eigenvalue weighted by molar-refractivity contribution is -0.172. The SMILES string of the molecule is CC[C@@]1(O)C(=O)OCc2c1cc1n(c2=O)[C@H](OCCF)c2cc3c(CN(C)C)c(O)ccc3nc2-1. The van der Waals surface area contributed by atoms with Crippen molar-refractivity contribution in [2.24, 2.45) is 0 Å².